The third-order valence-electron chi connectivity index (χ3n) is 4.63. The molecule has 1 aliphatic rings. The maximum Gasteiger partial charge on any atom is 0.346 e. The minimum atomic E-state index is -0.298. The monoisotopic (exact) mass is 420 g/mol. The molecule has 1 aliphatic heterocycles. The first-order chi connectivity index (χ1) is 12.2. The summed E-state index contributed by atoms with van der Waals surface area (Å²) >= 11 is 0. The zero-order chi connectivity index (χ0) is 17.6. The summed E-state index contributed by atoms with van der Waals surface area (Å²) in [7, 11) is 0. The van der Waals surface area contributed by atoms with Crippen molar-refractivity contribution in [1.29, 1.82) is 0 Å². The van der Waals surface area contributed by atoms with Gasteiger partial charge in [0.15, 0.2) is 0 Å². The Bertz CT molecular complexity index is 743. The van der Waals surface area contributed by atoms with Crippen LogP contribution in [0.5, 0.6) is 5.75 Å². The fourth-order valence-electron chi connectivity index (χ4n) is 3.23. The fourth-order valence-corrected chi connectivity index (χ4v) is 3.23. The van der Waals surface area contributed by atoms with Crippen molar-refractivity contribution < 1.29 is 9.13 Å². The van der Waals surface area contributed by atoms with Crippen LogP contribution in [0.25, 0.3) is 0 Å². The van der Waals surface area contributed by atoms with E-state index in [4.69, 9.17) is 4.74 Å². The van der Waals surface area contributed by atoms with Crippen LogP contribution in [-0.4, -0.2) is 34.0 Å². The SMILES string of the molecule is CCn1c(CC2CCNCC2)nn(CCOc2ccc(F)cc2)c1=O.Cl.Cl. The van der Waals surface area contributed by atoms with Crippen molar-refractivity contribution in [3.05, 3.63) is 46.4 Å². The summed E-state index contributed by atoms with van der Waals surface area (Å²) in [6.07, 6.45) is 3.09. The molecule has 1 aromatic heterocycles. The Hall–Kier alpha value is -1.57. The van der Waals surface area contributed by atoms with E-state index in [1.807, 2.05) is 6.92 Å². The average molecular weight is 421 g/mol. The highest BCUT2D eigenvalue weighted by Crippen LogP contribution is 2.16. The number of hydrogen-bond acceptors (Lipinski definition) is 4. The Morgan fingerprint density at radius 2 is 1.89 bits per heavy atom. The zero-order valence-corrected chi connectivity index (χ0v) is 17.0. The summed E-state index contributed by atoms with van der Waals surface area (Å²) < 4.78 is 21.7. The third-order valence-corrected chi connectivity index (χ3v) is 4.63. The van der Waals surface area contributed by atoms with E-state index >= 15 is 0 Å². The maximum atomic E-state index is 12.9. The van der Waals surface area contributed by atoms with Crippen molar-refractivity contribution in [1.82, 2.24) is 19.7 Å². The van der Waals surface area contributed by atoms with Gasteiger partial charge in [0, 0.05) is 13.0 Å². The van der Waals surface area contributed by atoms with Gasteiger partial charge >= 0.3 is 5.69 Å². The van der Waals surface area contributed by atoms with Crippen LogP contribution in [-0.2, 0) is 19.5 Å². The average Bonchev–Trinajstić information content (AvgIpc) is 2.92. The second-order valence-corrected chi connectivity index (χ2v) is 6.37. The molecule has 0 amide bonds. The molecule has 1 fully saturated rings. The van der Waals surface area contributed by atoms with Crippen molar-refractivity contribution in [2.45, 2.75) is 39.3 Å². The van der Waals surface area contributed by atoms with Gasteiger partial charge in [-0.25, -0.2) is 13.9 Å². The minimum absolute atomic E-state index is 0. The lowest BCUT2D eigenvalue weighted by molar-refractivity contribution is 0.287. The Morgan fingerprint density at radius 1 is 1.22 bits per heavy atom. The summed E-state index contributed by atoms with van der Waals surface area (Å²) in [4.78, 5) is 12.5. The Kier molecular flexibility index (Phi) is 9.83. The summed E-state index contributed by atoms with van der Waals surface area (Å²) in [5, 5.41) is 7.89. The van der Waals surface area contributed by atoms with Gasteiger partial charge < -0.3 is 10.1 Å². The molecule has 0 unspecified atom stereocenters. The molecular weight excluding hydrogens is 394 g/mol. The smallest absolute Gasteiger partial charge is 0.346 e. The first-order valence-electron chi connectivity index (χ1n) is 8.93. The first-order valence-corrected chi connectivity index (χ1v) is 8.93. The standard InChI is InChI=1S/C18H25FN4O2.2ClH/c1-2-22-17(13-14-7-9-20-10-8-14)21-23(18(22)24)11-12-25-16-5-3-15(19)4-6-16;;/h3-6,14,20H,2,7-13H2,1H3;2*1H. The molecule has 0 aliphatic carbocycles. The Labute approximate surface area is 170 Å². The lowest BCUT2D eigenvalue weighted by Gasteiger charge is -2.21. The van der Waals surface area contributed by atoms with Crippen LogP contribution in [0.1, 0.15) is 25.6 Å². The molecule has 0 radical (unpaired) electrons. The molecule has 6 nitrogen and oxygen atoms in total. The van der Waals surface area contributed by atoms with E-state index < -0.39 is 0 Å². The first kappa shape index (κ1) is 23.5. The maximum absolute atomic E-state index is 12.9. The topological polar surface area (TPSA) is 61.1 Å². The number of rotatable bonds is 7. The third kappa shape index (κ3) is 6.23. The van der Waals surface area contributed by atoms with Crippen molar-refractivity contribution in [2.24, 2.45) is 5.92 Å². The van der Waals surface area contributed by atoms with E-state index in [0.717, 1.165) is 38.2 Å². The molecule has 0 bridgehead atoms. The second kappa shape index (κ2) is 11.3. The van der Waals surface area contributed by atoms with Crippen LogP contribution in [0.4, 0.5) is 4.39 Å². The normalized spacial score (nSPS) is 14.3. The Balaban J connectivity index is 0.00000182. The number of ether oxygens (including phenoxy) is 1. The van der Waals surface area contributed by atoms with Crippen LogP contribution in [0.2, 0.25) is 0 Å². The van der Waals surface area contributed by atoms with Crippen LogP contribution in [0.3, 0.4) is 0 Å². The van der Waals surface area contributed by atoms with Gasteiger partial charge in [-0.3, -0.25) is 4.57 Å². The summed E-state index contributed by atoms with van der Waals surface area (Å²) in [6.45, 7) is 5.36. The predicted octanol–water partition coefficient (Wildman–Crippen LogP) is 2.67. The molecule has 1 N–H and O–H groups in total. The quantitative estimate of drug-likeness (QED) is 0.747. The summed E-state index contributed by atoms with van der Waals surface area (Å²) in [6, 6.07) is 5.85. The van der Waals surface area contributed by atoms with Crippen LogP contribution in [0, 0.1) is 11.7 Å². The van der Waals surface area contributed by atoms with Gasteiger partial charge in [0.1, 0.15) is 24.0 Å². The molecule has 1 aromatic carbocycles. The molecule has 0 saturated carbocycles. The van der Waals surface area contributed by atoms with Crippen molar-refractivity contribution in [3.63, 3.8) is 0 Å². The molecule has 0 atom stereocenters. The molecule has 2 aromatic rings. The van der Waals surface area contributed by atoms with E-state index in [1.165, 1.54) is 16.8 Å². The van der Waals surface area contributed by atoms with Crippen LogP contribution < -0.4 is 15.7 Å². The molecular formula is C18H27Cl2FN4O2. The molecule has 2 heterocycles. The highest BCUT2D eigenvalue weighted by molar-refractivity contribution is 5.85. The van der Waals surface area contributed by atoms with Crippen LogP contribution >= 0.6 is 24.8 Å². The second-order valence-electron chi connectivity index (χ2n) is 6.37. The lowest BCUT2D eigenvalue weighted by atomic mass is 9.94. The van der Waals surface area contributed by atoms with Gasteiger partial charge in [-0.1, -0.05) is 0 Å². The van der Waals surface area contributed by atoms with Gasteiger partial charge in [-0.15, -0.1) is 24.8 Å². The lowest BCUT2D eigenvalue weighted by Crippen LogP contribution is -2.30. The van der Waals surface area contributed by atoms with E-state index in [0.29, 0.717) is 31.4 Å². The zero-order valence-electron chi connectivity index (χ0n) is 15.4. The van der Waals surface area contributed by atoms with Gasteiger partial charge in [-0.05, 0) is 63.0 Å². The van der Waals surface area contributed by atoms with Gasteiger partial charge in [-0.2, -0.15) is 5.10 Å². The van der Waals surface area contributed by atoms with E-state index in [1.54, 1.807) is 16.7 Å². The molecule has 9 heteroatoms. The van der Waals surface area contributed by atoms with Gasteiger partial charge in [0.25, 0.3) is 0 Å². The van der Waals surface area contributed by atoms with Crippen molar-refractivity contribution >= 4 is 24.8 Å². The van der Waals surface area contributed by atoms with E-state index in [2.05, 4.69) is 10.4 Å². The number of benzene rings is 1. The Morgan fingerprint density at radius 3 is 2.52 bits per heavy atom. The molecule has 152 valence electrons. The number of halogens is 3. The van der Waals surface area contributed by atoms with Gasteiger partial charge in [0.2, 0.25) is 0 Å². The highest BCUT2D eigenvalue weighted by atomic mass is 35.5. The van der Waals surface area contributed by atoms with Crippen LogP contribution in [0.15, 0.2) is 29.1 Å². The number of piperidine rings is 1. The van der Waals surface area contributed by atoms with Crippen molar-refractivity contribution in [2.75, 3.05) is 19.7 Å². The largest absolute Gasteiger partial charge is 0.492 e. The van der Waals surface area contributed by atoms with E-state index in [9.17, 15) is 9.18 Å². The van der Waals surface area contributed by atoms with E-state index in [-0.39, 0.29) is 36.3 Å². The van der Waals surface area contributed by atoms with Gasteiger partial charge in [0.05, 0.1) is 6.54 Å². The molecule has 0 spiro atoms. The molecule has 1 saturated heterocycles. The summed E-state index contributed by atoms with van der Waals surface area (Å²) in [5.41, 5.74) is -0.0888. The molecule has 3 rings (SSSR count). The number of nitrogens with one attached hydrogen (secondary N) is 1. The number of hydrogen-bond donors (Lipinski definition) is 1. The highest BCUT2D eigenvalue weighted by Gasteiger charge is 2.19. The number of aromatic nitrogens is 3. The molecule has 27 heavy (non-hydrogen) atoms. The summed E-state index contributed by atoms with van der Waals surface area (Å²) in [5.74, 6) is 1.73. The fraction of sp³-hybridized carbons (Fsp3) is 0.556. The minimum Gasteiger partial charge on any atom is -0.492 e. The van der Waals surface area contributed by atoms with Crippen molar-refractivity contribution in [3.8, 4) is 5.75 Å². The number of nitrogens with zero attached hydrogens (tertiary/aromatic N) is 3. The predicted molar refractivity (Wildman–Crippen MR) is 108 cm³/mol.